The van der Waals surface area contributed by atoms with Crippen LogP contribution in [0, 0.1) is 6.92 Å². The number of hydrogen-bond acceptors (Lipinski definition) is 4. The summed E-state index contributed by atoms with van der Waals surface area (Å²) in [4.78, 5) is 0. The summed E-state index contributed by atoms with van der Waals surface area (Å²) >= 11 is 3.48. The molecular formula is C14H22BrNO3. The molecule has 1 aromatic carbocycles. The number of anilines is 1. The lowest BCUT2D eigenvalue weighted by Crippen LogP contribution is -2.25. The third kappa shape index (κ3) is 6.92. The van der Waals surface area contributed by atoms with E-state index in [4.69, 9.17) is 9.47 Å². The van der Waals surface area contributed by atoms with Crippen molar-refractivity contribution in [3.8, 4) is 0 Å². The third-order valence-corrected chi connectivity index (χ3v) is 3.45. The molecule has 19 heavy (non-hydrogen) atoms. The Morgan fingerprint density at radius 2 is 2.05 bits per heavy atom. The first kappa shape index (κ1) is 16.4. The Labute approximate surface area is 123 Å². The Morgan fingerprint density at radius 3 is 2.74 bits per heavy atom. The van der Waals surface area contributed by atoms with E-state index in [2.05, 4.69) is 21.2 Å². The van der Waals surface area contributed by atoms with Crippen molar-refractivity contribution in [1.82, 2.24) is 0 Å². The van der Waals surface area contributed by atoms with Gasteiger partial charge in [-0.2, -0.15) is 0 Å². The first-order chi connectivity index (χ1) is 9.13. The van der Waals surface area contributed by atoms with Gasteiger partial charge in [-0.15, -0.1) is 0 Å². The molecule has 2 N–H and O–H groups in total. The SMILES string of the molecule is CCOCCOCC(O)CNc1ccc(C)c(Br)c1. The second-order valence-electron chi connectivity index (χ2n) is 4.27. The molecule has 1 aromatic rings. The van der Waals surface area contributed by atoms with Crippen molar-refractivity contribution < 1.29 is 14.6 Å². The predicted molar refractivity (Wildman–Crippen MR) is 80.7 cm³/mol. The molecule has 1 atom stereocenters. The number of aliphatic hydroxyl groups is 1. The molecule has 0 aliphatic rings. The predicted octanol–water partition coefficient (Wildman–Crippen LogP) is 2.58. The van der Waals surface area contributed by atoms with Crippen LogP contribution in [-0.2, 0) is 9.47 Å². The van der Waals surface area contributed by atoms with Gasteiger partial charge in [0.25, 0.3) is 0 Å². The Hall–Kier alpha value is -0.620. The fourth-order valence-electron chi connectivity index (χ4n) is 1.48. The minimum Gasteiger partial charge on any atom is -0.389 e. The molecule has 0 amide bonds. The fourth-order valence-corrected chi connectivity index (χ4v) is 1.86. The molecule has 0 radical (unpaired) electrons. The molecule has 5 heteroatoms. The maximum atomic E-state index is 9.75. The van der Waals surface area contributed by atoms with Crippen LogP contribution in [0.2, 0.25) is 0 Å². The van der Waals surface area contributed by atoms with E-state index in [1.165, 1.54) is 5.56 Å². The number of rotatable bonds is 9. The number of nitrogens with one attached hydrogen (secondary N) is 1. The lowest BCUT2D eigenvalue weighted by Gasteiger charge is -2.14. The van der Waals surface area contributed by atoms with E-state index in [0.717, 1.165) is 10.2 Å². The Kier molecular flexibility index (Phi) is 8.05. The van der Waals surface area contributed by atoms with Gasteiger partial charge in [-0.1, -0.05) is 22.0 Å². The molecule has 0 aliphatic heterocycles. The summed E-state index contributed by atoms with van der Waals surface area (Å²) in [7, 11) is 0. The smallest absolute Gasteiger partial charge is 0.0945 e. The molecule has 0 fully saturated rings. The van der Waals surface area contributed by atoms with Crippen molar-refractivity contribution in [2.24, 2.45) is 0 Å². The van der Waals surface area contributed by atoms with Gasteiger partial charge < -0.3 is 19.9 Å². The molecule has 4 nitrogen and oxygen atoms in total. The van der Waals surface area contributed by atoms with Crippen LogP contribution in [0.4, 0.5) is 5.69 Å². The second kappa shape index (κ2) is 9.31. The van der Waals surface area contributed by atoms with Crippen molar-refractivity contribution in [2.45, 2.75) is 20.0 Å². The number of halogens is 1. The minimum atomic E-state index is -0.526. The van der Waals surface area contributed by atoms with Gasteiger partial charge in [0.1, 0.15) is 0 Å². The summed E-state index contributed by atoms with van der Waals surface area (Å²) < 4.78 is 11.5. The van der Waals surface area contributed by atoms with E-state index in [0.29, 0.717) is 33.0 Å². The number of aliphatic hydroxyl groups excluding tert-OH is 1. The van der Waals surface area contributed by atoms with E-state index >= 15 is 0 Å². The zero-order valence-electron chi connectivity index (χ0n) is 11.5. The molecule has 0 aliphatic carbocycles. The highest BCUT2D eigenvalue weighted by atomic mass is 79.9. The molecule has 0 heterocycles. The normalized spacial score (nSPS) is 12.4. The van der Waals surface area contributed by atoms with E-state index in [1.807, 2.05) is 32.0 Å². The highest BCUT2D eigenvalue weighted by Gasteiger charge is 2.04. The van der Waals surface area contributed by atoms with E-state index in [-0.39, 0.29) is 0 Å². The maximum Gasteiger partial charge on any atom is 0.0945 e. The molecule has 1 unspecified atom stereocenters. The van der Waals surface area contributed by atoms with Crippen molar-refractivity contribution in [3.63, 3.8) is 0 Å². The summed E-state index contributed by atoms with van der Waals surface area (Å²) in [6, 6.07) is 6.01. The number of ether oxygens (including phenoxy) is 2. The highest BCUT2D eigenvalue weighted by Crippen LogP contribution is 2.20. The molecule has 0 spiro atoms. The van der Waals surface area contributed by atoms with Gasteiger partial charge in [0, 0.05) is 23.3 Å². The quantitative estimate of drug-likeness (QED) is 0.683. The first-order valence-corrected chi connectivity index (χ1v) is 7.26. The third-order valence-electron chi connectivity index (χ3n) is 2.60. The average Bonchev–Trinajstić information content (AvgIpc) is 2.40. The van der Waals surface area contributed by atoms with Crippen LogP contribution in [0.5, 0.6) is 0 Å². The molecule has 1 rings (SSSR count). The Balaban J connectivity index is 2.18. The topological polar surface area (TPSA) is 50.7 Å². The van der Waals surface area contributed by atoms with Crippen LogP contribution < -0.4 is 5.32 Å². The van der Waals surface area contributed by atoms with Crippen LogP contribution in [0.25, 0.3) is 0 Å². The number of aryl methyl sites for hydroxylation is 1. The minimum absolute atomic E-state index is 0.313. The molecule has 0 aromatic heterocycles. The Bertz CT molecular complexity index is 374. The van der Waals surface area contributed by atoms with Gasteiger partial charge in [0.15, 0.2) is 0 Å². The van der Waals surface area contributed by atoms with Gasteiger partial charge in [-0.25, -0.2) is 0 Å². The van der Waals surface area contributed by atoms with Gasteiger partial charge in [-0.3, -0.25) is 0 Å². The summed E-state index contributed by atoms with van der Waals surface area (Å²) in [6.07, 6.45) is -0.526. The monoisotopic (exact) mass is 331 g/mol. The lowest BCUT2D eigenvalue weighted by atomic mass is 10.2. The summed E-state index contributed by atoms with van der Waals surface area (Å²) in [5.74, 6) is 0. The number of hydrogen-bond donors (Lipinski definition) is 2. The van der Waals surface area contributed by atoms with Crippen molar-refractivity contribution in [3.05, 3.63) is 28.2 Å². The van der Waals surface area contributed by atoms with Crippen molar-refractivity contribution >= 4 is 21.6 Å². The van der Waals surface area contributed by atoms with Gasteiger partial charge in [0.2, 0.25) is 0 Å². The second-order valence-corrected chi connectivity index (χ2v) is 5.12. The van der Waals surface area contributed by atoms with Gasteiger partial charge in [-0.05, 0) is 31.5 Å². The van der Waals surface area contributed by atoms with Crippen molar-refractivity contribution in [1.29, 1.82) is 0 Å². The van der Waals surface area contributed by atoms with Gasteiger partial charge in [0.05, 0.1) is 25.9 Å². The fraction of sp³-hybridized carbons (Fsp3) is 0.571. The largest absolute Gasteiger partial charge is 0.389 e. The van der Waals surface area contributed by atoms with E-state index in [1.54, 1.807) is 0 Å². The summed E-state index contributed by atoms with van der Waals surface area (Å²) in [6.45, 7) is 6.53. The van der Waals surface area contributed by atoms with Crippen LogP contribution in [0.3, 0.4) is 0 Å². The first-order valence-electron chi connectivity index (χ1n) is 6.47. The van der Waals surface area contributed by atoms with Gasteiger partial charge >= 0.3 is 0 Å². The van der Waals surface area contributed by atoms with E-state index < -0.39 is 6.10 Å². The molecule has 0 saturated carbocycles. The molecule has 0 saturated heterocycles. The summed E-state index contributed by atoms with van der Waals surface area (Å²) in [5, 5.41) is 12.9. The van der Waals surface area contributed by atoms with Crippen LogP contribution in [-0.4, -0.2) is 44.2 Å². The van der Waals surface area contributed by atoms with Crippen molar-refractivity contribution in [2.75, 3.05) is 38.3 Å². The lowest BCUT2D eigenvalue weighted by molar-refractivity contribution is 0.0103. The number of benzene rings is 1. The molecular weight excluding hydrogens is 310 g/mol. The van der Waals surface area contributed by atoms with Crippen LogP contribution in [0.15, 0.2) is 22.7 Å². The Morgan fingerprint density at radius 1 is 1.32 bits per heavy atom. The molecule has 108 valence electrons. The van der Waals surface area contributed by atoms with Crippen LogP contribution >= 0.6 is 15.9 Å². The zero-order valence-corrected chi connectivity index (χ0v) is 13.1. The zero-order chi connectivity index (χ0) is 14.1. The average molecular weight is 332 g/mol. The highest BCUT2D eigenvalue weighted by molar-refractivity contribution is 9.10. The van der Waals surface area contributed by atoms with Crippen LogP contribution in [0.1, 0.15) is 12.5 Å². The standard InChI is InChI=1S/C14H22BrNO3/c1-3-18-6-7-19-10-13(17)9-16-12-5-4-11(2)14(15)8-12/h4-5,8,13,16-17H,3,6-7,9-10H2,1-2H3. The molecule has 0 bridgehead atoms. The maximum absolute atomic E-state index is 9.75. The summed E-state index contributed by atoms with van der Waals surface area (Å²) in [5.41, 5.74) is 2.16. The van der Waals surface area contributed by atoms with E-state index in [9.17, 15) is 5.11 Å².